The van der Waals surface area contributed by atoms with Crippen molar-refractivity contribution in [2.45, 2.75) is 6.92 Å². The number of nitrogens with one attached hydrogen (secondary N) is 1. The van der Waals surface area contributed by atoms with E-state index >= 15 is 0 Å². The molecule has 0 heterocycles. The number of hydrogen-bond donors (Lipinski definition) is 2. The molecule has 0 amide bonds. The SMILES string of the molecule is Cc1ccc(Nc2c(F)cc(C(N)=S)cc2F)c(Br)c1. The second-order valence-corrected chi connectivity index (χ2v) is 5.58. The van der Waals surface area contributed by atoms with Crippen molar-refractivity contribution < 1.29 is 8.78 Å². The van der Waals surface area contributed by atoms with Gasteiger partial charge in [0.2, 0.25) is 0 Å². The van der Waals surface area contributed by atoms with Crippen LogP contribution in [-0.2, 0) is 0 Å². The molecule has 0 spiro atoms. The molecule has 0 aliphatic carbocycles. The molecule has 104 valence electrons. The molecule has 0 aliphatic rings. The second kappa shape index (κ2) is 5.85. The molecule has 6 heteroatoms. The minimum absolute atomic E-state index is 0.0501. The molecule has 2 aromatic carbocycles. The van der Waals surface area contributed by atoms with E-state index in [-0.39, 0.29) is 16.2 Å². The molecule has 2 aromatic rings. The smallest absolute Gasteiger partial charge is 0.150 e. The molecule has 20 heavy (non-hydrogen) atoms. The van der Waals surface area contributed by atoms with E-state index in [1.165, 1.54) is 0 Å². The van der Waals surface area contributed by atoms with E-state index in [0.717, 1.165) is 22.2 Å². The molecular weight excluding hydrogens is 346 g/mol. The van der Waals surface area contributed by atoms with Crippen LogP contribution in [0.5, 0.6) is 0 Å². The van der Waals surface area contributed by atoms with E-state index in [9.17, 15) is 8.78 Å². The summed E-state index contributed by atoms with van der Waals surface area (Å²) >= 11 is 8.05. The van der Waals surface area contributed by atoms with Gasteiger partial charge in [-0.05, 0) is 52.7 Å². The third-order valence-electron chi connectivity index (χ3n) is 2.71. The molecule has 0 fully saturated rings. The third-order valence-corrected chi connectivity index (χ3v) is 3.60. The van der Waals surface area contributed by atoms with Crippen molar-refractivity contribution >= 4 is 44.5 Å². The number of hydrogen-bond acceptors (Lipinski definition) is 2. The van der Waals surface area contributed by atoms with E-state index in [4.69, 9.17) is 18.0 Å². The minimum atomic E-state index is -0.750. The van der Waals surface area contributed by atoms with Crippen LogP contribution in [0, 0.1) is 18.6 Å². The molecule has 0 radical (unpaired) electrons. The van der Waals surface area contributed by atoms with Crippen molar-refractivity contribution in [3.8, 4) is 0 Å². The largest absolute Gasteiger partial charge is 0.389 e. The second-order valence-electron chi connectivity index (χ2n) is 4.29. The molecule has 0 aromatic heterocycles. The lowest BCUT2D eigenvalue weighted by Gasteiger charge is -2.12. The van der Waals surface area contributed by atoms with Crippen LogP contribution in [0.15, 0.2) is 34.8 Å². The number of benzene rings is 2. The predicted octanol–water partition coefficient (Wildman–Crippen LogP) is 4.41. The molecular formula is C14H11BrF2N2S. The lowest BCUT2D eigenvalue weighted by Crippen LogP contribution is -2.11. The normalized spacial score (nSPS) is 10.4. The van der Waals surface area contributed by atoms with Gasteiger partial charge in [0.1, 0.15) is 22.3 Å². The first-order valence-electron chi connectivity index (χ1n) is 5.70. The lowest BCUT2D eigenvalue weighted by molar-refractivity contribution is 0.590. The summed E-state index contributed by atoms with van der Waals surface area (Å²) in [6, 6.07) is 7.64. The van der Waals surface area contributed by atoms with Crippen molar-refractivity contribution in [2.75, 3.05) is 5.32 Å². The van der Waals surface area contributed by atoms with Crippen molar-refractivity contribution in [3.63, 3.8) is 0 Å². The fourth-order valence-corrected chi connectivity index (χ4v) is 2.40. The topological polar surface area (TPSA) is 38.0 Å². The van der Waals surface area contributed by atoms with Crippen LogP contribution in [0.2, 0.25) is 0 Å². The summed E-state index contributed by atoms with van der Waals surface area (Å²) in [5.74, 6) is -1.50. The highest BCUT2D eigenvalue weighted by atomic mass is 79.9. The van der Waals surface area contributed by atoms with Gasteiger partial charge in [-0.25, -0.2) is 8.78 Å². The zero-order chi connectivity index (χ0) is 14.9. The van der Waals surface area contributed by atoms with Crippen molar-refractivity contribution in [1.29, 1.82) is 0 Å². The van der Waals surface area contributed by atoms with Gasteiger partial charge in [0, 0.05) is 10.0 Å². The lowest BCUT2D eigenvalue weighted by atomic mass is 10.1. The molecule has 2 nitrogen and oxygen atoms in total. The summed E-state index contributed by atoms with van der Waals surface area (Å²) in [7, 11) is 0. The molecule has 0 atom stereocenters. The highest BCUT2D eigenvalue weighted by molar-refractivity contribution is 9.10. The molecule has 0 unspecified atom stereocenters. The van der Waals surface area contributed by atoms with Gasteiger partial charge in [0.25, 0.3) is 0 Å². The van der Waals surface area contributed by atoms with Gasteiger partial charge >= 0.3 is 0 Å². The van der Waals surface area contributed by atoms with Crippen LogP contribution >= 0.6 is 28.1 Å². The van der Waals surface area contributed by atoms with Gasteiger partial charge < -0.3 is 11.1 Å². The summed E-state index contributed by atoms with van der Waals surface area (Å²) in [5.41, 5.74) is 6.88. The number of rotatable bonds is 3. The standard InChI is InChI=1S/C14H11BrF2N2S/c1-7-2-3-12(9(15)4-7)19-13-10(16)5-8(14(18)20)6-11(13)17/h2-6,19H,1H3,(H2,18,20). The molecule has 2 rings (SSSR count). The average Bonchev–Trinajstić information content (AvgIpc) is 2.35. The fourth-order valence-electron chi connectivity index (χ4n) is 1.69. The maximum atomic E-state index is 13.9. The Morgan fingerprint density at radius 2 is 1.80 bits per heavy atom. The summed E-state index contributed by atoms with van der Waals surface area (Å²) in [6.45, 7) is 1.92. The van der Waals surface area contributed by atoms with E-state index in [1.54, 1.807) is 6.07 Å². The van der Waals surface area contributed by atoms with Gasteiger partial charge in [-0.2, -0.15) is 0 Å². The van der Waals surface area contributed by atoms with Gasteiger partial charge in [-0.15, -0.1) is 0 Å². The van der Waals surface area contributed by atoms with E-state index in [2.05, 4.69) is 21.2 Å². The van der Waals surface area contributed by atoms with Gasteiger partial charge in [0.15, 0.2) is 0 Å². The number of anilines is 2. The molecule has 0 bridgehead atoms. The van der Waals surface area contributed by atoms with E-state index < -0.39 is 11.6 Å². The zero-order valence-corrected chi connectivity index (χ0v) is 12.9. The Morgan fingerprint density at radius 3 is 2.30 bits per heavy atom. The molecule has 0 aliphatic heterocycles. The quantitative estimate of drug-likeness (QED) is 0.799. The number of halogens is 3. The highest BCUT2D eigenvalue weighted by Gasteiger charge is 2.13. The molecule has 0 saturated heterocycles. The van der Waals surface area contributed by atoms with Crippen molar-refractivity contribution in [1.82, 2.24) is 0 Å². The van der Waals surface area contributed by atoms with Crippen molar-refractivity contribution in [3.05, 3.63) is 57.6 Å². The third kappa shape index (κ3) is 3.13. The Balaban J connectivity index is 2.41. The number of aryl methyl sites for hydroxylation is 1. The number of thiocarbonyl (C=S) groups is 1. The van der Waals surface area contributed by atoms with Crippen molar-refractivity contribution in [2.24, 2.45) is 5.73 Å². The monoisotopic (exact) mass is 356 g/mol. The first-order chi connectivity index (χ1) is 9.38. The Hall–Kier alpha value is -1.53. The number of nitrogens with two attached hydrogens (primary N) is 1. The van der Waals surface area contributed by atoms with E-state index in [1.807, 2.05) is 19.1 Å². The van der Waals surface area contributed by atoms with Crippen LogP contribution in [0.4, 0.5) is 20.2 Å². The first-order valence-corrected chi connectivity index (χ1v) is 6.90. The van der Waals surface area contributed by atoms with Gasteiger partial charge in [-0.3, -0.25) is 0 Å². The first kappa shape index (κ1) is 14.9. The van der Waals surface area contributed by atoms with Crippen LogP contribution in [0.3, 0.4) is 0 Å². The van der Waals surface area contributed by atoms with E-state index in [0.29, 0.717) is 5.69 Å². The summed E-state index contributed by atoms with van der Waals surface area (Å²) in [6.07, 6.45) is 0. The van der Waals surface area contributed by atoms with Crippen LogP contribution in [0.1, 0.15) is 11.1 Å². The Labute approximate surface area is 129 Å². The summed E-state index contributed by atoms with van der Waals surface area (Å²) in [4.78, 5) is -0.0501. The Bertz CT molecular complexity index is 666. The zero-order valence-electron chi connectivity index (χ0n) is 10.5. The van der Waals surface area contributed by atoms with Crippen LogP contribution in [0.25, 0.3) is 0 Å². The fraction of sp³-hybridized carbons (Fsp3) is 0.0714. The Morgan fingerprint density at radius 1 is 1.20 bits per heavy atom. The summed E-state index contributed by atoms with van der Waals surface area (Å²) < 4.78 is 28.6. The van der Waals surface area contributed by atoms with Gasteiger partial charge in [-0.1, -0.05) is 18.3 Å². The maximum absolute atomic E-state index is 13.9. The Kier molecular flexibility index (Phi) is 4.35. The average molecular weight is 357 g/mol. The molecule has 3 N–H and O–H groups in total. The minimum Gasteiger partial charge on any atom is -0.389 e. The van der Waals surface area contributed by atoms with Gasteiger partial charge in [0.05, 0.1) is 5.69 Å². The molecule has 0 saturated carbocycles. The summed E-state index contributed by atoms with van der Waals surface area (Å²) in [5, 5.41) is 2.72. The predicted molar refractivity (Wildman–Crippen MR) is 84.4 cm³/mol. The van der Waals surface area contributed by atoms with Crippen LogP contribution in [-0.4, -0.2) is 4.99 Å². The maximum Gasteiger partial charge on any atom is 0.150 e. The highest BCUT2D eigenvalue weighted by Crippen LogP contribution is 2.30. The van der Waals surface area contributed by atoms with Crippen LogP contribution < -0.4 is 11.1 Å².